The average molecular weight is 425 g/mol. The van der Waals surface area contributed by atoms with Crippen molar-refractivity contribution < 1.29 is 23.1 Å². The molecule has 1 aliphatic heterocycles. The topological polar surface area (TPSA) is 95.0 Å². The van der Waals surface area contributed by atoms with Crippen molar-refractivity contribution in [1.82, 2.24) is 4.90 Å². The Kier molecular flexibility index (Phi) is 6.37. The molecule has 2 unspecified atom stereocenters. The molecule has 1 N–H and O–H groups in total. The summed E-state index contributed by atoms with van der Waals surface area (Å²) in [6.07, 6.45) is 1.29. The van der Waals surface area contributed by atoms with Crippen LogP contribution in [0.2, 0.25) is 0 Å². The quantitative estimate of drug-likeness (QED) is 0.798. The third kappa shape index (κ3) is 5.50. The first-order valence-electron chi connectivity index (χ1n) is 9.71. The van der Waals surface area contributed by atoms with E-state index >= 15 is 0 Å². The normalized spacial score (nSPS) is 23.0. The van der Waals surface area contributed by atoms with Gasteiger partial charge < -0.3 is 14.9 Å². The van der Waals surface area contributed by atoms with Gasteiger partial charge in [-0.2, -0.15) is 0 Å². The largest absolute Gasteiger partial charge is 0.465 e. The smallest absolute Gasteiger partial charge is 0.407 e. The number of sulfone groups is 1. The van der Waals surface area contributed by atoms with E-state index in [1.807, 2.05) is 27.7 Å². The number of carbonyl (C=O) groups is 2. The molecule has 1 aliphatic rings. The first kappa shape index (κ1) is 23.2. The SMILES string of the molecule is CC(=O)N(c1ccc(CS(C)(=O)=O)cc1)C1(C)CCN(C(=O)O)C(C(C)(C)C)C1. The zero-order valence-electron chi connectivity index (χ0n) is 18.1. The fraction of sp³-hybridized carbons (Fsp3) is 0.619. The van der Waals surface area contributed by atoms with Crippen LogP contribution in [-0.4, -0.2) is 54.8 Å². The van der Waals surface area contributed by atoms with E-state index in [-0.39, 0.29) is 23.1 Å². The number of benzene rings is 1. The van der Waals surface area contributed by atoms with Gasteiger partial charge in [0.1, 0.15) is 0 Å². The van der Waals surface area contributed by atoms with Crippen molar-refractivity contribution in [2.75, 3.05) is 17.7 Å². The lowest BCUT2D eigenvalue weighted by atomic mass is 9.73. The molecule has 2 amide bonds. The van der Waals surface area contributed by atoms with Crippen LogP contribution in [0, 0.1) is 5.41 Å². The molecule has 29 heavy (non-hydrogen) atoms. The lowest BCUT2D eigenvalue weighted by Crippen LogP contribution is -2.62. The maximum Gasteiger partial charge on any atom is 0.407 e. The molecule has 162 valence electrons. The van der Waals surface area contributed by atoms with E-state index in [9.17, 15) is 23.1 Å². The van der Waals surface area contributed by atoms with Gasteiger partial charge in [0.25, 0.3) is 0 Å². The second kappa shape index (κ2) is 7.97. The zero-order valence-corrected chi connectivity index (χ0v) is 18.9. The lowest BCUT2D eigenvalue weighted by Gasteiger charge is -2.52. The number of hydrogen-bond acceptors (Lipinski definition) is 4. The Bertz CT molecular complexity index is 873. The molecule has 2 atom stereocenters. The number of hydrogen-bond donors (Lipinski definition) is 1. The van der Waals surface area contributed by atoms with Gasteiger partial charge in [0.2, 0.25) is 5.91 Å². The Morgan fingerprint density at radius 2 is 1.79 bits per heavy atom. The van der Waals surface area contributed by atoms with Crippen LogP contribution in [0.15, 0.2) is 24.3 Å². The Morgan fingerprint density at radius 3 is 2.21 bits per heavy atom. The van der Waals surface area contributed by atoms with E-state index in [1.54, 1.807) is 29.2 Å². The Balaban J connectivity index is 2.39. The molecule has 2 rings (SSSR count). The molecule has 1 aromatic carbocycles. The molecule has 1 heterocycles. The third-order valence-corrected chi connectivity index (χ3v) is 6.48. The Morgan fingerprint density at radius 1 is 1.24 bits per heavy atom. The van der Waals surface area contributed by atoms with Crippen LogP contribution in [0.3, 0.4) is 0 Å². The first-order chi connectivity index (χ1) is 13.1. The zero-order chi connectivity index (χ0) is 22.2. The highest BCUT2D eigenvalue weighted by atomic mass is 32.2. The van der Waals surface area contributed by atoms with E-state index in [0.29, 0.717) is 30.6 Å². The van der Waals surface area contributed by atoms with E-state index in [2.05, 4.69) is 0 Å². The fourth-order valence-corrected chi connectivity index (χ4v) is 5.07. The van der Waals surface area contributed by atoms with E-state index in [1.165, 1.54) is 18.1 Å². The van der Waals surface area contributed by atoms with E-state index in [0.717, 1.165) is 0 Å². The predicted molar refractivity (Wildman–Crippen MR) is 114 cm³/mol. The van der Waals surface area contributed by atoms with Crippen molar-refractivity contribution in [1.29, 1.82) is 0 Å². The summed E-state index contributed by atoms with van der Waals surface area (Å²) in [5.74, 6) is -0.176. The molecule has 1 aromatic rings. The van der Waals surface area contributed by atoms with Gasteiger partial charge in [-0.05, 0) is 42.9 Å². The maximum absolute atomic E-state index is 12.6. The van der Waals surface area contributed by atoms with Gasteiger partial charge >= 0.3 is 6.09 Å². The van der Waals surface area contributed by atoms with E-state index < -0.39 is 21.5 Å². The number of carbonyl (C=O) groups excluding carboxylic acids is 1. The summed E-state index contributed by atoms with van der Waals surface area (Å²) in [6, 6.07) is 6.75. The first-order valence-corrected chi connectivity index (χ1v) is 11.8. The van der Waals surface area contributed by atoms with Gasteiger partial charge in [0.15, 0.2) is 9.84 Å². The molecule has 0 spiro atoms. The molecule has 0 aromatic heterocycles. The van der Waals surface area contributed by atoms with Gasteiger partial charge in [-0.1, -0.05) is 32.9 Å². The molecular weight excluding hydrogens is 392 g/mol. The molecule has 0 bridgehead atoms. The van der Waals surface area contributed by atoms with Crippen LogP contribution in [-0.2, 0) is 20.4 Å². The lowest BCUT2D eigenvalue weighted by molar-refractivity contribution is -0.118. The van der Waals surface area contributed by atoms with Gasteiger partial charge in [-0.3, -0.25) is 4.79 Å². The van der Waals surface area contributed by atoms with Crippen molar-refractivity contribution in [3.05, 3.63) is 29.8 Å². The van der Waals surface area contributed by atoms with Gasteiger partial charge in [-0.25, -0.2) is 13.2 Å². The Labute approximate surface area is 173 Å². The summed E-state index contributed by atoms with van der Waals surface area (Å²) >= 11 is 0. The average Bonchev–Trinajstić information content (AvgIpc) is 2.53. The van der Waals surface area contributed by atoms with Crippen molar-refractivity contribution in [2.45, 2.75) is 64.8 Å². The predicted octanol–water partition coefficient (Wildman–Crippen LogP) is 3.53. The monoisotopic (exact) mass is 424 g/mol. The van der Waals surface area contributed by atoms with Crippen LogP contribution >= 0.6 is 0 Å². The summed E-state index contributed by atoms with van der Waals surface area (Å²) < 4.78 is 23.0. The van der Waals surface area contributed by atoms with Gasteiger partial charge in [-0.15, -0.1) is 0 Å². The summed E-state index contributed by atoms with van der Waals surface area (Å²) in [7, 11) is -3.14. The van der Waals surface area contributed by atoms with Crippen LogP contribution in [0.1, 0.15) is 53.0 Å². The number of piperidine rings is 1. The van der Waals surface area contributed by atoms with Gasteiger partial charge in [0.05, 0.1) is 5.75 Å². The highest BCUT2D eigenvalue weighted by Crippen LogP contribution is 2.41. The van der Waals surface area contributed by atoms with Crippen molar-refractivity contribution in [2.24, 2.45) is 5.41 Å². The molecule has 0 radical (unpaired) electrons. The van der Waals surface area contributed by atoms with Crippen molar-refractivity contribution >= 4 is 27.5 Å². The second-order valence-corrected chi connectivity index (χ2v) is 11.5. The molecule has 0 saturated carbocycles. The van der Waals surface area contributed by atoms with Crippen molar-refractivity contribution in [3.8, 4) is 0 Å². The highest BCUT2D eigenvalue weighted by Gasteiger charge is 2.47. The third-order valence-electron chi connectivity index (χ3n) is 5.62. The minimum atomic E-state index is -3.14. The van der Waals surface area contributed by atoms with Gasteiger partial charge in [0, 0.05) is 37.0 Å². The van der Waals surface area contributed by atoms with Crippen LogP contribution in [0.5, 0.6) is 0 Å². The molecular formula is C21H32N2O5S. The number of amides is 2. The number of likely N-dealkylation sites (tertiary alicyclic amines) is 1. The fourth-order valence-electron chi connectivity index (χ4n) is 4.27. The van der Waals surface area contributed by atoms with E-state index in [4.69, 9.17) is 0 Å². The van der Waals surface area contributed by atoms with Crippen LogP contribution in [0.4, 0.5) is 10.5 Å². The second-order valence-electron chi connectivity index (χ2n) is 9.40. The van der Waals surface area contributed by atoms with Crippen LogP contribution in [0.25, 0.3) is 0 Å². The summed E-state index contributed by atoms with van der Waals surface area (Å²) in [6.45, 7) is 9.89. The summed E-state index contributed by atoms with van der Waals surface area (Å²) in [4.78, 5) is 27.6. The Hall–Kier alpha value is -2.09. The standard InChI is InChI=1S/C21H32N2O5S/c1-15(24)23(17-9-7-16(8-10-17)14-29(6,27)28)21(5)11-12-22(19(25)26)18(13-21)20(2,3)4/h7-10,18H,11-14H2,1-6H3,(H,25,26). The van der Waals surface area contributed by atoms with Crippen LogP contribution < -0.4 is 4.90 Å². The number of carboxylic acid groups (broad SMARTS) is 1. The maximum atomic E-state index is 12.6. The van der Waals surface area contributed by atoms with Crippen molar-refractivity contribution in [3.63, 3.8) is 0 Å². The molecule has 8 heteroatoms. The molecule has 7 nitrogen and oxygen atoms in total. The number of rotatable bonds is 4. The molecule has 0 aliphatic carbocycles. The summed E-state index contributed by atoms with van der Waals surface area (Å²) in [5, 5.41) is 9.63. The number of anilines is 1. The number of nitrogens with zero attached hydrogens (tertiary/aromatic N) is 2. The minimum Gasteiger partial charge on any atom is -0.465 e. The minimum absolute atomic E-state index is 0.0513. The molecule has 1 saturated heterocycles. The summed E-state index contributed by atoms with van der Waals surface area (Å²) in [5.41, 5.74) is 0.530. The molecule has 1 fully saturated rings. The highest BCUT2D eigenvalue weighted by molar-refractivity contribution is 7.89.